The summed E-state index contributed by atoms with van der Waals surface area (Å²) in [4.78, 5) is 7.18. The van der Waals surface area contributed by atoms with E-state index >= 15 is 0 Å². The molecule has 2 heterocycles. The molecule has 1 aliphatic heterocycles. The summed E-state index contributed by atoms with van der Waals surface area (Å²) in [5.74, 6) is 1.51. The predicted molar refractivity (Wildman–Crippen MR) is 86.4 cm³/mol. The number of thiocarbonyl (C=S) groups is 1. The van der Waals surface area contributed by atoms with E-state index in [2.05, 4.69) is 41.1 Å². The highest BCUT2D eigenvalue weighted by Crippen LogP contribution is 2.34. The summed E-state index contributed by atoms with van der Waals surface area (Å²) in [6.07, 6.45) is 1.11. The second kappa shape index (κ2) is 5.21. The summed E-state index contributed by atoms with van der Waals surface area (Å²) in [5.41, 5.74) is 8.96. The zero-order chi connectivity index (χ0) is 14.1. The minimum atomic E-state index is 0.338. The van der Waals surface area contributed by atoms with Gasteiger partial charge in [0.15, 0.2) is 0 Å². The topological polar surface area (TPSA) is 42.1 Å². The van der Waals surface area contributed by atoms with E-state index in [-0.39, 0.29) is 0 Å². The van der Waals surface area contributed by atoms with Crippen molar-refractivity contribution in [2.24, 2.45) is 11.7 Å². The van der Waals surface area contributed by atoms with Crippen LogP contribution in [-0.4, -0.2) is 16.5 Å². The third kappa shape index (κ3) is 2.39. The average Bonchev–Trinajstić information content (AvgIpc) is 2.46. The van der Waals surface area contributed by atoms with Crippen LogP contribution in [-0.2, 0) is 6.42 Å². The monoisotopic (exact) mass is 283 g/mol. The Morgan fingerprint density at radius 2 is 2.05 bits per heavy atom. The van der Waals surface area contributed by atoms with E-state index in [0.29, 0.717) is 16.6 Å². The molecule has 1 aliphatic rings. The Morgan fingerprint density at radius 3 is 2.85 bits per heavy atom. The van der Waals surface area contributed by atoms with Crippen LogP contribution in [0.2, 0.25) is 0 Å². The van der Waals surface area contributed by atoms with Gasteiger partial charge in [-0.05, 0) is 36.1 Å². The van der Waals surface area contributed by atoms with Crippen molar-refractivity contribution in [3.63, 3.8) is 0 Å². The van der Waals surface area contributed by atoms with Crippen molar-refractivity contribution in [2.45, 2.75) is 13.3 Å². The second-order valence-corrected chi connectivity index (χ2v) is 5.73. The molecule has 0 spiro atoms. The summed E-state index contributed by atoms with van der Waals surface area (Å²) in [7, 11) is 0. The molecule has 0 radical (unpaired) electrons. The largest absolute Gasteiger partial charge is 0.388 e. The molecule has 1 aromatic carbocycles. The zero-order valence-electron chi connectivity index (χ0n) is 11.4. The van der Waals surface area contributed by atoms with E-state index < -0.39 is 0 Å². The van der Waals surface area contributed by atoms with Crippen molar-refractivity contribution in [1.29, 1.82) is 0 Å². The van der Waals surface area contributed by atoms with Gasteiger partial charge in [0.2, 0.25) is 0 Å². The number of hydrogen-bond acceptors (Lipinski definition) is 3. The van der Waals surface area contributed by atoms with Gasteiger partial charge in [-0.2, -0.15) is 0 Å². The fourth-order valence-corrected chi connectivity index (χ4v) is 2.84. The molecular weight excluding hydrogens is 266 g/mol. The molecule has 2 N–H and O–H groups in total. The zero-order valence-corrected chi connectivity index (χ0v) is 12.2. The van der Waals surface area contributed by atoms with E-state index in [9.17, 15) is 0 Å². The minimum absolute atomic E-state index is 0.338. The lowest BCUT2D eigenvalue weighted by Crippen LogP contribution is -2.31. The van der Waals surface area contributed by atoms with Gasteiger partial charge in [-0.3, -0.25) is 0 Å². The Bertz CT molecular complexity index is 654. The molecule has 3 nitrogen and oxygen atoms in total. The number of nitrogens with zero attached hydrogens (tertiary/aromatic N) is 2. The van der Waals surface area contributed by atoms with Crippen molar-refractivity contribution in [1.82, 2.24) is 4.98 Å². The first-order valence-electron chi connectivity index (χ1n) is 6.77. The lowest BCUT2D eigenvalue weighted by atomic mass is 9.94. The predicted octanol–water partition coefficient (Wildman–Crippen LogP) is 3.05. The molecule has 102 valence electrons. The molecule has 0 aliphatic carbocycles. The average molecular weight is 283 g/mol. The van der Waals surface area contributed by atoms with Gasteiger partial charge in [-0.15, -0.1) is 0 Å². The summed E-state index contributed by atoms with van der Waals surface area (Å²) in [6.45, 7) is 3.23. The normalized spacial score (nSPS) is 17.6. The summed E-state index contributed by atoms with van der Waals surface area (Å²) in [6, 6.07) is 14.3. The van der Waals surface area contributed by atoms with Crippen LogP contribution >= 0.6 is 12.2 Å². The molecule has 0 saturated heterocycles. The molecule has 0 bridgehead atoms. The van der Waals surface area contributed by atoms with Gasteiger partial charge in [-0.1, -0.05) is 43.4 Å². The Morgan fingerprint density at radius 1 is 1.25 bits per heavy atom. The first-order valence-corrected chi connectivity index (χ1v) is 7.18. The van der Waals surface area contributed by atoms with Gasteiger partial charge >= 0.3 is 0 Å². The Labute approximate surface area is 124 Å². The van der Waals surface area contributed by atoms with Gasteiger partial charge < -0.3 is 10.6 Å². The van der Waals surface area contributed by atoms with Crippen LogP contribution in [0, 0.1) is 5.92 Å². The number of rotatable bonds is 2. The quantitative estimate of drug-likeness (QED) is 0.860. The molecule has 20 heavy (non-hydrogen) atoms. The molecular formula is C16H17N3S. The van der Waals surface area contributed by atoms with Crippen LogP contribution in [0.4, 0.5) is 11.5 Å². The van der Waals surface area contributed by atoms with Crippen LogP contribution in [0.25, 0.3) is 0 Å². The van der Waals surface area contributed by atoms with Gasteiger partial charge in [0.25, 0.3) is 0 Å². The maximum Gasteiger partial charge on any atom is 0.133 e. The molecule has 0 fully saturated rings. The lowest BCUT2D eigenvalue weighted by Gasteiger charge is -2.34. The maximum atomic E-state index is 5.68. The number of nitrogens with two attached hydrogens (primary N) is 1. The Kier molecular flexibility index (Phi) is 3.40. The molecule has 3 rings (SSSR count). The van der Waals surface area contributed by atoms with Crippen molar-refractivity contribution < 1.29 is 0 Å². The standard InChI is InChI=1S/C16H17N3S/c1-11-9-12-5-2-3-7-14(12)19(10-11)15-8-4-6-13(18-15)16(17)20/h2-8,11H,9-10H2,1H3,(H2,17,20). The van der Waals surface area contributed by atoms with Gasteiger partial charge in [0.05, 0.1) is 5.69 Å². The molecule has 2 aromatic rings. The number of anilines is 2. The maximum absolute atomic E-state index is 5.68. The third-order valence-corrected chi connectivity index (χ3v) is 3.82. The second-order valence-electron chi connectivity index (χ2n) is 5.29. The smallest absolute Gasteiger partial charge is 0.133 e. The van der Waals surface area contributed by atoms with E-state index in [1.807, 2.05) is 18.2 Å². The van der Waals surface area contributed by atoms with E-state index in [1.54, 1.807) is 0 Å². The fraction of sp³-hybridized carbons (Fsp3) is 0.250. The van der Waals surface area contributed by atoms with Crippen LogP contribution in [0.1, 0.15) is 18.2 Å². The number of pyridine rings is 1. The molecule has 0 saturated carbocycles. The number of hydrogen-bond donors (Lipinski definition) is 1. The van der Waals surface area contributed by atoms with Crippen molar-refractivity contribution >= 4 is 28.7 Å². The molecule has 4 heteroatoms. The minimum Gasteiger partial charge on any atom is -0.388 e. The van der Waals surface area contributed by atoms with E-state index in [4.69, 9.17) is 18.0 Å². The fourth-order valence-electron chi connectivity index (χ4n) is 2.72. The highest BCUT2D eigenvalue weighted by molar-refractivity contribution is 7.80. The molecule has 0 amide bonds. The van der Waals surface area contributed by atoms with E-state index in [1.165, 1.54) is 11.3 Å². The van der Waals surface area contributed by atoms with Gasteiger partial charge in [0, 0.05) is 12.2 Å². The Balaban J connectivity index is 2.06. The van der Waals surface area contributed by atoms with Crippen LogP contribution in [0.5, 0.6) is 0 Å². The van der Waals surface area contributed by atoms with Gasteiger partial charge in [-0.25, -0.2) is 4.98 Å². The van der Waals surface area contributed by atoms with Crippen LogP contribution < -0.4 is 10.6 Å². The van der Waals surface area contributed by atoms with Crippen LogP contribution in [0.15, 0.2) is 42.5 Å². The van der Waals surface area contributed by atoms with Crippen molar-refractivity contribution in [2.75, 3.05) is 11.4 Å². The highest BCUT2D eigenvalue weighted by Gasteiger charge is 2.23. The first-order chi connectivity index (χ1) is 9.65. The van der Waals surface area contributed by atoms with Crippen LogP contribution in [0.3, 0.4) is 0 Å². The first kappa shape index (κ1) is 13.1. The van der Waals surface area contributed by atoms with Crippen molar-refractivity contribution in [3.8, 4) is 0 Å². The third-order valence-electron chi connectivity index (χ3n) is 3.61. The number of para-hydroxylation sites is 1. The summed E-state index contributed by atoms with van der Waals surface area (Å²) < 4.78 is 0. The summed E-state index contributed by atoms with van der Waals surface area (Å²) in [5, 5.41) is 0. The number of benzene rings is 1. The summed E-state index contributed by atoms with van der Waals surface area (Å²) >= 11 is 5.02. The highest BCUT2D eigenvalue weighted by atomic mass is 32.1. The Hall–Kier alpha value is -1.94. The molecule has 1 unspecified atom stereocenters. The van der Waals surface area contributed by atoms with Gasteiger partial charge in [0.1, 0.15) is 10.8 Å². The van der Waals surface area contributed by atoms with E-state index in [0.717, 1.165) is 18.8 Å². The number of aromatic nitrogens is 1. The SMILES string of the molecule is CC1Cc2ccccc2N(c2cccc(C(N)=S)n2)C1. The molecule has 1 atom stereocenters. The molecule has 1 aromatic heterocycles. The van der Waals surface area contributed by atoms with Crippen molar-refractivity contribution in [3.05, 3.63) is 53.7 Å². The lowest BCUT2D eigenvalue weighted by molar-refractivity contribution is 0.560. The number of fused-ring (bicyclic) bond motifs is 1.